The van der Waals surface area contributed by atoms with Gasteiger partial charge in [-0.2, -0.15) is 0 Å². The predicted octanol–water partition coefficient (Wildman–Crippen LogP) is 2.52. The zero-order chi connectivity index (χ0) is 19.2. The fraction of sp³-hybridized carbons (Fsp3) is 0.333. The highest BCUT2D eigenvalue weighted by atomic mass is 16.5. The summed E-state index contributed by atoms with van der Waals surface area (Å²) in [5.74, 6) is 0.726. The van der Waals surface area contributed by atoms with Crippen molar-refractivity contribution >= 4 is 17.5 Å². The molecule has 142 valence electrons. The summed E-state index contributed by atoms with van der Waals surface area (Å²) in [5.41, 5.74) is 2.43. The summed E-state index contributed by atoms with van der Waals surface area (Å²) in [6.45, 7) is 2.47. The van der Waals surface area contributed by atoms with Crippen molar-refractivity contribution in [3.8, 4) is 5.75 Å². The van der Waals surface area contributed by atoms with Gasteiger partial charge in [-0.25, -0.2) is 0 Å². The standard InChI is InChI=1S/C21H25N3O3/c1-22-20(25)17-10-11-24(14-17)13-15-6-8-16(9-7-15)21(26)23-18-4-3-5-19(12-18)27-2/h3-9,12,17H,10-11,13-14H2,1-2H3,(H,22,25)(H,23,26). The second-order valence-electron chi connectivity index (χ2n) is 6.72. The lowest BCUT2D eigenvalue weighted by Crippen LogP contribution is -2.30. The topological polar surface area (TPSA) is 70.7 Å². The lowest BCUT2D eigenvalue weighted by molar-refractivity contribution is -0.124. The van der Waals surface area contributed by atoms with Gasteiger partial charge in [0.2, 0.25) is 5.91 Å². The molecule has 1 aliphatic rings. The number of carbonyl (C=O) groups excluding carboxylic acids is 2. The Kier molecular flexibility index (Phi) is 6.08. The first kappa shape index (κ1) is 18.9. The van der Waals surface area contributed by atoms with Gasteiger partial charge in [-0.15, -0.1) is 0 Å². The fourth-order valence-corrected chi connectivity index (χ4v) is 3.32. The Morgan fingerprint density at radius 3 is 2.67 bits per heavy atom. The number of methoxy groups -OCH3 is 1. The molecule has 1 saturated heterocycles. The summed E-state index contributed by atoms with van der Waals surface area (Å²) in [5, 5.41) is 5.60. The second-order valence-corrected chi connectivity index (χ2v) is 6.72. The normalized spacial score (nSPS) is 16.7. The van der Waals surface area contributed by atoms with E-state index in [1.54, 1.807) is 20.2 Å². The van der Waals surface area contributed by atoms with E-state index in [2.05, 4.69) is 15.5 Å². The molecule has 6 heteroatoms. The number of likely N-dealkylation sites (tertiary alicyclic amines) is 1. The Bertz CT molecular complexity index is 805. The lowest BCUT2D eigenvalue weighted by atomic mass is 10.1. The molecule has 2 amide bonds. The van der Waals surface area contributed by atoms with Crippen LogP contribution >= 0.6 is 0 Å². The molecule has 3 rings (SSSR count). The molecule has 27 heavy (non-hydrogen) atoms. The Morgan fingerprint density at radius 1 is 1.19 bits per heavy atom. The number of hydrogen-bond acceptors (Lipinski definition) is 4. The monoisotopic (exact) mass is 367 g/mol. The molecule has 1 aliphatic heterocycles. The van der Waals surface area contributed by atoms with E-state index in [1.807, 2.05) is 42.5 Å². The molecule has 0 aliphatic carbocycles. The Hall–Kier alpha value is -2.86. The van der Waals surface area contributed by atoms with Crippen molar-refractivity contribution in [2.45, 2.75) is 13.0 Å². The second kappa shape index (κ2) is 8.68. The van der Waals surface area contributed by atoms with E-state index in [1.165, 1.54) is 0 Å². The molecule has 2 aromatic rings. The molecule has 1 fully saturated rings. The van der Waals surface area contributed by atoms with Gasteiger partial charge in [0, 0.05) is 37.5 Å². The number of carbonyl (C=O) groups is 2. The molecule has 0 saturated carbocycles. The molecule has 0 spiro atoms. The van der Waals surface area contributed by atoms with Gasteiger partial charge in [0.25, 0.3) is 5.91 Å². The van der Waals surface area contributed by atoms with Gasteiger partial charge < -0.3 is 15.4 Å². The smallest absolute Gasteiger partial charge is 0.255 e. The van der Waals surface area contributed by atoms with Gasteiger partial charge in [0.15, 0.2) is 0 Å². The van der Waals surface area contributed by atoms with Crippen LogP contribution in [-0.2, 0) is 11.3 Å². The van der Waals surface area contributed by atoms with Crippen molar-refractivity contribution in [3.63, 3.8) is 0 Å². The van der Waals surface area contributed by atoms with E-state index in [-0.39, 0.29) is 17.7 Å². The number of benzene rings is 2. The number of rotatable bonds is 6. The summed E-state index contributed by atoms with van der Waals surface area (Å²) in [4.78, 5) is 26.4. The SMILES string of the molecule is CNC(=O)C1CCN(Cc2ccc(C(=O)Nc3cccc(OC)c3)cc2)C1. The van der Waals surface area contributed by atoms with E-state index in [4.69, 9.17) is 4.74 Å². The Balaban J connectivity index is 1.57. The average molecular weight is 367 g/mol. The van der Waals surface area contributed by atoms with Crippen LogP contribution in [0.2, 0.25) is 0 Å². The van der Waals surface area contributed by atoms with Crippen LogP contribution in [-0.4, -0.2) is 44.0 Å². The van der Waals surface area contributed by atoms with Crippen LogP contribution < -0.4 is 15.4 Å². The first-order chi connectivity index (χ1) is 13.1. The molecule has 2 aromatic carbocycles. The minimum atomic E-state index is -0.157. The maximum atomic E-state index is 12.4. The molecule has 1 heterocycles. The third-order valence-electron chi connectivity index (χ3n) is 4.84. The number of amides is 2. The average Bonchev–Trinajstić information content (AvgIpc) is 3.16. The Morgan fingerprint density at radius 2 is 1.96 bits per heavy atom. The molecule has 0 radical (unpaired) electrons. The molecule has 0 bridgehead atoms. The van der Waals surface area contributed by atoms with E-state index < -0.39 is 0 Å². The van der Waals surface area contributed by atoms with Crippen LogP contribution in [0.25, 0.3) is 0 Å². The van der Waals surface area contributed by atoms with Crippen LogP contribution in [0.5, 0.6) is 5.75 Å². The van der Waals surface area contributed by atoms with Gasteiger partial charge in [-0.05, 0) is 42.8 Å². The highest BCUT2D eigenvalue weighted by Crippen LogP contribution is 2.20. The van der Waals surface area contributed by atoms with Gasteiger partial charge in [0.1, 0.15) is 5.75 Å². The van der Waals surface area contributed by atoms with Crippen molar-refractivity contribution in [2.24, 2.45) is 5.92 Å². The third-order valence-corrected chi connectivity index (χ3v) is 4.84. The summed E-state index contributed by atoms with van der Waals surface area (Å²) < 4.78 is 5.17. The predicted molar refractivity (Wildman–Crippen MR) is 105 cm³/mol. The Labute approximate surface area is 159 Å². The third kappa shape index (κ3) is 4.86. The maximum Gasteiger partial charge on any atom is 0.255 e. The minimum Gasteiger partial charge on any atom is -0.497 e. The maximum absolute atomic E-state index is 12.4. The first-order valence-corrected chi connectivity index (χ1v) is 9.07. The number of nitrogens with one attached hydrogen (secondary N) is 2. The van der Waals surface area contributed by atoms with Crippen molar-refractivity contribution < 1.29 is 14.3 Å². The molecule has 2 N–H and O–H groups in total. The van der Waals surface area contributed by atoms with Gasteiger partial charge >= 0.3 is 0 Å². The molecular formula is C21H25N3O3. The summed E-state index contributed by atoms with van der Waals surface area (Å²) in [7, 11) is 3.27. The molecule has 6 nitrogen and oxygen atoms in total. The van der Waals surface area contributed by atoms with E-state index in [9.17, 15) is 9.59 Å². The highest BCUT2D eigenvalue weighted by molar-refractivity contribution is 6.04. The number of ether oxygens (including phenoxy) is 1. The zero-order valence-corrected chi connectivity index (χ0v) is 15.7. The summed E-state index contributed by atoms with van der Waals surface area (Å²) in [6.07, 6.45) is 0.890. The van der Waals surface area contributed by atoms with Crippen molar-refractivity contribution in [3.05, 3.63) is 59.7 Å². The van der Waals surface area contributed by atoms with E-state index in [0.29, 0.717) is 17.0 Å². The number of nitrogens with zero attached hydrogens (tertiary/aromatic N) is 1. The van der Waals surface area contributed by atoms with Gasteiger partial charge in [0.05, 0.1) is 13.0 Å². The minimum absolute atomic E-state index is 0.0721. The number of anilines is 1. The quantitative estimate of drug-likeness (QED) is 0.823. The van der Waals surface area contributed by atoms with Crippen LogP contribution in [0.15, 0.2) is 48.5 Å². The van der Waals surface area contributed by atoms with E-state index in [0.717, 1.165) is 31.6 Å². The zero-order valence-electron chi connectivity index (χ0n) is 15.7. The van der Waals surface area contributed by atoms with Crippen LogP contribution in [0, 0.1) is 5.92 Å². The fourth-order valence-electron chi connectivity index (χ4n) is 3.32. The first-order valence-electron chi connectivity index (χ1n) is 9.07. The molecular weight excluding hydrogens is 342 g/mol. The van der Waals surface area contributed by atoms with E-state index >= 15 is 0 Å². The summed E-state index contributed by atoms with van der Waals surface area (Å²) >= 11 is 0. The summed E-state index contributed by atoms with van der Waals surface area (Å²) in [6, 6.07) is 14.9. The molecule has 1 unspecified atom stereocenters. The number of hydrogen-bond donors (Lipinski definition) is 2. The van der Waals surface area contributed by atoms with Crippen molar-refractivity contribution in [1.29, 1.82) is 0 Å². The molecule has 1 atom stereocenters. The van der Waals surface area contributed by atoms with Crippen molar-refractivity contribution in [2.75, 3.05) is 32.6 Å². The highest BCUT2D eigenvalue weighted by Gasteiger charge is 2.27. The van der Waals surface area contributed by atoms with Crippen LogP contribution in [0.3, 0.4) is 0 Å². The van der Waals surface area contributed by atoms with Crippen LogP contribution in [0.1, 0.15) is 22.3 Å². The molecule has 0 aromatic heterocycles. The lowest BCUT2D eigenvalue weighted by Gasteiger charge is -2.16. The van der Waals surface area contributed by atoms with Gasteiger partial charge in [-0.1, -0.05) is 18.2 Å². The largest absolute Gasteiger partial charge is 0.497 e. The van der Waals surface area contributed by atoms with Crippen molar-refractivity contribution in [1.82, 2.24) is 10.2 Å². The van der Waals surface area contributed by atoms with Crippen LogP contribution in [0.4, 0.5) is 5.69 Å². The van der Waals surface area contributed by atoms with Gasteiger partial charge in [-0.3, -0.25) is 14.5 Å².